The van der Waals surface area contributed by atoms with Crippen LogP contribution in [-0.2, 0) is 14.3 Å². The normalized spacial score (nSPS) is 21.1. The first kappa shape index (κ1) is 17.7. The second-order valence-electron chi connectivity index (χ2n) is 7.22. The van der Waals surface area contributed by atoms with E-state index in [9.17, 15) is 9.59 Å². The summed E-state index contributed by atoms with van der Waals surface area (Å²) in [6, 6.07) is -0.752. The van der Waals surface area contributed by atoms with Gasteiger partial charge in [-0.15, -0.1) is 0 Å². The first-order chi connectivity index (χ1) is 9.39. The monoisotopic (exact) mass is 301 g/mol. The lowest BCUT2D eigenvalue weighted by Gasteiger charge is -2.39. The van der Waals surface area contributed by atoms with Crippen molar-refractivity contribution in [1.29, 1.82) is 0 Å². The highest BCUT2D eigenvalue weighted by molar-refractivity contribution is 5.82. The van der Waals surface area contributed by atoms with Crippen LogP contribution in [0.2, 0.25) is 0 Å². The van der Waals surface area contributed by atoms with E-state index >= 15 is 0 Å². The number of esters is 1. The number of piperazine rings is 1. The van der Waals surface area contributed by atoms with E-state index in [1.165, 1.54) is 9.91 Å². The molecule has 1 rings (SSSR count). The van der Waals surface area contributed by atoms with E-state index in [-0.39, 0.29) is 6.54 Å². The molecule has 1 aliphatic rings. The summed E-state index contributed by atoms with van der Waals surface area (Å²) in [6.07, 6.45) is -0.522. The number of hydrogen-bond donors (Lipinski definition) is 1. The van der Waals surface area contributed by atoms with E-state index in [1.807, 2.05) is 0 Å². The molecule has 1 aliphatic heterocycles. The van der Waals surface area contributed by atoms with E-state index < -0.39 is 29.3 Å². The van der Waals surface area contributed by atoms with Crippen LogP contribution in [0.3, 0.4) is 0 Å². The van der Waals surface area contributed by atoms with Gasteiger partial charge < -0.3 is 9.47 Å². The fraction of sp³-hybridized carbons (Fsp3) is 0.857. The van der Waals surface area contributed by atoms with Crippen LogP contribution in [0.25, 0.3) is 0 Å². The highest BCUT2D eigenvalue weighted by atomic mass is 16.6. The molecule has 0 radical (unpaired) electrons. The molecule has 0 bridgehead atoms. The Labute approximate surface area is 126 Å². The summed E-state index contributed by atoms with van der Waals surface area (Å²) in [5.74, 6) is 5.29. The number of rotatable bonds is 1. The molecule has 0 aromatic heterocycles. The minimum atomic E-state index is -0.752. The van der Waals surface area contributed by atoms with Crippen molar-refractivity contribution in [2.75, 3.05) is 19.6 Å². The summed E-state index contributed by atoms with van der Waals surface area (Å²) in [5, 5.41) is 1.51. The number of nitrogens with two attached hydrogens (primary N) is 1. The number of amides is 1. The number of carbonyl (C=O) groups is 2. The third-order valence-corrected chi connectivity index (χ3v) is 2.72. The zero-order valence-corrected chi connectivity index (χ0v) is 13.8. The predicted molar refractivity (Wildman–Crippen MR) is 78.3 cm³/mol. The van der Waals surface area contributed by atoms with Gasteiger partial charge in [0, 0.05) is 19.6 Å². The van der Waals surface area contributed by atoms with Gasteiger partial charge in [-0.3, -0.25) is 10.7 Å². The number of nitrogens with zero attached hydrogens (tertiary/aromatic N) is 2. The lowest BCUT2D eigenvalue weighted by atomic mass is 10.1. The molecule has 1 fully saturated rings. The van der Waals surface area contributed by atoms with Gasteiger partial charge in [0.15, 0.2) is 0 Å². The van der Waals surface area contributed by atoms with Gasteiger partial charge in [0.25, 0.3) is 0 Å². The summed E-state index contributed by atoms with van der Waals surface area (Å²) in [6.45, 7) is 11.7. The Hall–Kier alpha value is -1.34. The van der Waals surface area contributed by atoms with Crippen LogP contribution < -0.4 is 5.84 Å². The molecule has 0 aromatic rings. The fourth-order valence-electron chi connectivity index (χ4n) is 1.91. The number of ether oxygens (including phenoxy) is 2. The first-order valence-corrected chi connectivity index (χ1v) is 7.11. The molecule has 0 aliphatic carbocycles. The maximum absolute atomic E-state index is 12.3. The molecular weight excluding hydrogens is 274 g/mol. The van der Waals surface area contributed by atoms with Gasteiger partial charge in [-0.2, -0.15) is 0 Å². The average Bonchev–Trinajstić information content (AvgIpc) is 2.23. The average molecular weight is 301 g/mol. The highest BCUT2D eigenvalue weighted by Gasteiger charge is 2.39. The quantitative estimate of drug-likeness (QED) is 0.577. The van der Waals surface area contributed by atoms with E-state index in [0.29, 0.717) is 13.1 Å². The first-order valence-electron chi connectivity index (χ1n) is 7.11. The Balaban J connectivity index is 2.84. The number of carbonyl (C=O) groups excluding carboxylic acids is 2. The van der Waals surface area contributed by atoms with Gasteiger partial charge in [-0.25, -0.2) is 14.6 Å². The van der Waals surface area contributed by atoms with Crippen molar-refractivity contribution in [2.45, 2.75) is 58.8 Å². The van der Waals surface area contributed by atoms with Gasteiger partial charge in [-0.05, 0) is 41.5 Å². The van der Waals surface area contributed by atoms with Crippen molar-refractivity contribution >= 4 is 12.1 Å². The zero-order valence-electron chi connectivity index (χ0n) is 13.8. The highest BCUT2D eigenvalue weighted by Crippen LogP contribution is 2.18. The SMILES string of the molecule is CC(C)(C)OC(=O)C1CN(N)CCN1C(=O)OC(C)(C)C. The van der Waals surface area contributed by atoms with Crippen LogP contribution in [0.4, 0.5) is 4.79 Å². The van der Waals surface area contributed by atoms with Gasteiger partial charge in [0.05, 0.1) is 0 Å². The topological polar surface area (TPSA) is 85.1 Å². The van der Waals surface area contributed by atoms with Crippen molar-refractivity contribution < 1.29 is 19.1 Å². The molecule has 1 saturated heterocycles. The van der Waals surface area contributed by atoms with Gasteiger partial charge in [0.1, 0.15) is 17.2 Å². The Morgan fingerprint density at radius 2 is 1.52 bits per heavy atom. The summed E-state index contributed by atoms with van der Waals surface area (Å²) < 4.78 is 10.7. The molecular formula is C14H27N3O4. The Morgan fingerprint density at radius 3 is 2.00 bits per heavy atom. The molecule has 122 valence electrons. The largest absolute Gasteiger partial charge is 0.458 e. The molecule has 2 N–H and O–H groups in total. The van der Waals surface area contributed by atoms with Crippen LogP contribution in [0.5, 0.6) is 0 Å². The smallest absolute Gasteiger partial charge is 0.411 e. The lowest BCUT2D eigenvalue weighted by Crippen LogP contribution is -2.61. The summed E-state index contributed by atoms with van der Waals surface area (Å²) in [7, 11) is 0. The molecule has 0 saturated carbocycles. The van der Waals surface area contributed by atoms with E-state index in [4.69, 9.17) is 15.3 Å². The van der Waals surface area contributed by atoms with Crippen molar-refractivity contribution in [1.82, 2.24) is 9.91 Å². The van der Waals surface area contributed by atoms with Crippen molar-refractivity contribution in [3.8, 4) is 0 Å². The summed E-state index contributed by atoms with van der Waals surface area (Å²) in [5.41, 5.74) is -1.23. The molecule has 1 unspecified atom stereocenters. The van der Waals surface area contributed by atoms with Crippen molar-refractivity contribution in [2.24, 2.45) is 5.84 Å². The molecule has 1 amide bonds. The minimum Gasteiger partial charge on any atom is -0.458 e. The van der Waals surface area contributed by atoms with Crippen LogP contribution in [-0.4, -0.2) is 58.8 Å². The Kier molecular flexibility index (Phi) is 5.22. The van der Waals surface area contributed by atoms with Crippen molar-refractivity contribution in [3.63, 3.8) is 0 Å². The Morgan fingerprint density at radius 1 is 1.00 bits per heavy atom. The third-order valence-electron chi connectivity index (χ3n) is 2.72. The standard InChI is InChI=1S/C14H27N3O4/c1-13(2,3)20-11(18)10-9-16(15)7-8-17(10)12(19)21-14(4,5)6/h10H,7-9,15H2,1-6H3. The van der Waals surface area contributed by atoms with Crippen LogP contribution in [0.15, 0.2) is 0 Å². The van der Waals surface area contributed by atoms with Crippen LogP contribution in [0, 0.1) is 0 Å². The second-order valence-corrected chi connectivity index (χ2v) is 7.22. The van der Waals surface area contributed by atoms with E-state index in [1.54, 1.807) is 41.5 Å². The lowest BCUT2D eigenvalue weighted by molar-refractivity contribution is -0.163. The fourth-order valence-corrected chi connectivity index (χ4v) is 1.91. The zero-order chi connectivity index (χ0) is 16.4. The number of hydrazine groups is 1. The molecule has 7 heteroatoms. The third kappa shape index (κ3) is 5.89. The van der Waals surface area contributed by atoms with Gasteiger partial charge in [-0.1, -0.05) is 0 Å². The second kappa shape index (κ2) is 6.19. The maximum atomic E-state index is 12.3. The minimum absolute atomic E-state index is 0.230. The Bertz CT molecular complexity index is 398. The predicted octanol–water partition coefficient (Wildman–Crippen LogP) is 1.12. The summed E-state index contributed by atoms with van der Waals surface area (Å²) in [4.78, 5) is 25.9. The van der Waals surface area contributed by atoms with Crippen LogP contribution >= 0.6 is 0 Å². The maximum Gasteiger partial charge on any atom is 0.411 e. The molecule has 7 nitrogen and oxygen atoms in total. The molecule has 0 aromatic carbocycles. The van der Waals surface area contributed by atoms with Crippen LogP contribution in [0.1, 0.15) is 41.5 Å². The van der Waals surface area contributed by atoms with Crippen molar-refractivity contribution in [3.05, 3.63) is 0 Å². The molecule has 0 spiro atoms. The molecule has 21 heavy (non-hydrogen) atoms. The van der Waals surface area contributed by atoms with E-state index in [2.05, 4.69) is 0 Å². The van der Waals surface area contributed by atoms with Gasteiger partial charge >= 0.3 is 12.1 Å². The van der Waals surface area contributed by atoms with Gasteiger partial charge in [0.2, 0.25) is 0 Å². The molecule has 1 heterocycles. The van der Waals surface area contributed by atoms with E-state index in [0.717, 1.165) is 0 Å². The summed E-state index contributed by atoms with van der Waals surface area (Å²) >= 11 is 0. The number of hydrogen-bond acceptors (Lipinski definition) is 6. The molecule has 1 atom stereocenters.